The van der Waals surface area contributed by atoms with Crippen molar-refractivity contribution in [3.05, 3.63) is 40.4 Å². The molecule has 25 heavy (non-hydrogen) atoms. The van der Waals surface area contributed by atoms with Gasteiger partial charge in [-0.15, -0.1) is 11.8 Å². The molecule has 1 aromatic carbocycles. The number of aromatic nitrogens is 2. The fourth-order valence-corrected chi connectivity index (χ4v) is 3.73. The highest BCUT2D eigenvalue weighted by molar-refractivity contribution is 7.99. The molecule has 0 bridgehead atoms. The van der Waals surface area contributed by atoms with Crippen LogP contribution in [0.3, 0.4) is 0 Å². The molecule has 1 saturated heterocycles. The molecule has 0 atom stereocenters. The largest absolute Gasteiger partial charge is 0.369 e. The zero-order chi connectivity index (χ0) is 17.8. The van der Waals surface area contributed by atoms with Gasteiger partial charge < -0.3 is 15.6 Å². The summed E-state index contributed by atoms with van der Waals surface area (Å²) >= 11 is 1.42. The van der Waals surface area contributed by atoms with Crippen molar-refractivity contribution in [2.75, 3.05) is 18.8 Å². The van der Waals surface area contributed by atoms with Gasteiger partial charge in [-0.3, -0.25) is 14.4 Å². The summed E-state index contributed by atoms with van der Waals surface area (Å²) in [6.07, 6.45) is 1.26. The zero-order valence-corrected chi connectivity index (χ0v) is 14.6. The van der Waals surface area contributed by atoms with Gasteiger partial charge in [0, 0.05) is 19.0 Å². The third-order valence-corrected chi connectivity index (χ3v) is 5.30. The first kappa shape index (κ1) is 17.5. The number of amides is 2. The number of nitrogens with zero attached hydrogens (tertiary/aromatic N) is 2. The number of benzene rings is 1. The number of fused-ring (bicyclic) bond motifs is 1. The number of aromatic amines is 1. The molecular weight excluding hydrogens is 340 g/mol. The van der Waals surface area contributed by atoms with Crippen molar-refractivity contribution < 1.29 is 9.59 Å². The first-order valence-electron chi connectivity index (χ1n) is 8.17. The van der Waals surface area contributed by atoms with Crippen LogP contribution < -0.4 is 11.3 Å². The number of para-hydroxylation sites is 1. The number of carbonyl (C=O) groups is 2. The monoisotopic (exact) mass is 360 g/mol. The van der Waals surface area contributed by atoms with Gasteiger partial charge in [-0.05, 0) is 25.0 Å². The summed E-state index contributed by atoms with van der Waals surface area (Å²) in [6.45, 7) is 1.14. The maximum absolute atomic E-state index is 12.2. The fraction of sp³-hybridized carbons (Fsp3) is 0.412. The summed E-state index contributed by atoms with van der Waals surface area (Å²) in [4.78, 5) is 44.4. The standard InChI is InChI=1S/C17H20N4O3S/c18-16(23)11-5-7-21(8-6-11)15(22)10-25-9-14-19-13-4-2-1-3-12(13)17(24)20-14/h1-4,11H,5-10H2,(H2,18,23)(H,19,20,24). The fourth-order valence-electron chi connectivity index (χ4n) is 2.94. The number of primary amides is 1. The summed E-state index contributed by atoms with van der Waals surface area (Å²) in [5.41, 5.74) is 5.79. The van der Waals surface area contributed by atoms with Crippen LogP contribution in [0.5, 0.6) is 0 Å². The lowest BCUT2D eigenvalue weighted by atomic mass is 9.96. The number of nitrogens with one attached hydrogen (secondary N) is 1. The van der Waals surface area contributed by atoms with E-state index in [2.05, 4.69) is 9.97 Å². The van der Waals surface area contributed by atoms with E-state index in [1.54, 1.807) is 23.1 Å². The molecule has 3 rings (SSSR count). The van der Waals surface area contributed by atoms with Gasteiger partial charge in [-0.2, -0.15) is 0 Å². The second-order valence-electron chi connectivity index (χ2n) is 6.08. The van der Waals surface area contributed by atoms with Crippen LogP contribution in [-0.2, 0) is 15.3 Å². The van der Waals surface area contributed by atoms with Crippen LogP contribution in [0.25, 0.3) is 10.9 Å². The van der Waals surface area contributed by atoms with E-state index >= 15 is 0 Å². The van der Waals surface area contributed by atoms with E-state index < -0.39 is 0 Å². The molecule has 2 heterocycles. The third kappa shape index (κ3) is 4.19. The van der Waals surface area contributed by atoms with Gasteiger partial charge in [-0.25, -0.2) is 4.98 Å². The molecule has 0 aliphatic carbocycles. The van der Waals surface area contributed by atoms with E-state index in [0.717, 1.165) is 0 Å². The van der Waals surface area contributed by atoms with Crippen molar-refractivity contribution in [1.29, 1.82) is 0 Å². The number of hydrogen-bond acceptors (Lipinski definition) is 5. The van der Waals surface area contributed by atoms with Gasteiger partial charge >= 0.3 is 0 Å². The summed E-state index contributed by atoms with van der Waals surface area (Å²) in [6, 6.07) is 7.17. The molecule has 2 aromatic rings. The van der Waals surface area contributed by atoms with Gasteiger partial charge in [0.2, 0.25) is 11.8 Å². The Hall–Kier alpha value is -2.35. The smallest absolute Gasteiger partial charge is 0.258 e. The lowest BCUT2D eigenvalue weighted by Crippen LogP contribution is -2.42. The SMILES string of the molecule is NC(=O)C1CCN(C(=O)CSCc2nc3ccccc3c(=O)[nH]2)CC1. The van der Waals surface area contributed by atoms with Gasteiger partial charge in [0.25, 0.3) is 5.56 Å². The first-order valence-corrected chi connectivity index (χ1v) is 9.33. The molecule has 0 unspecified atom stereocenters. The Kier molecular flexibility index (Phi) is 5.37. The molecule has 1 aromatic heterocycles. The number of thioether (sulfide) groups is 1. The maximum atomic E-state index is 12.2. The average molecular weight is 360 g/mol. The van der Waals surface area contributed by atoms with Gasteiger partial charge in [0.15, 0.2) is 0 Å². The van der Waals surface area contributed by atoms with Crippen molar-refractivity contribution in [2.45, 2.75) is 18.6 Å². The van der Waals surface area contributed by atoms with E-state index in [9.17, 15) is 14.4 Å². The number of carbonyl (C=O) groups excluding carboxylic acids is 2. The number of hydrogen-bond donors (Lipinski definition) is 2. The third-order valence-electron chi connectivity index (χ3n) is 4.38. The molecule has 3 N–H and O–H groups in total. The lowest BCUT2D eigenvalue weighted by Gasteiger charge is -2.30. The van der Waals surface area contributed by atoms with Gasteiger partial charge in [0.05, 0.1) is 22.4 Å². The maximum Gasteiger partial charge on any atom is 0.258 e. The van der Waals surface area contributed by atoms with Crippen molar-refractivity contribution in [1.82, 2.24) is 14.9 Å². The van der Waals surface area contributed by atoms with Crippen LogP contribution in [0, 0.1) is 5.92 Å². The number of rotatable bonds is 5. The Morgan fingerprint density at radius 3 is 2.72 bits per heavy atom. The number of piperidine rings is 1. The Labute approximate surface area is 149 Å². The summed E-state index contributed by atoms with van der Waals surface area (Å²) in [7, 11) is 0. The van der Waals surface area contributed by atoms with Crippen molar-refractivity contribution in [2.24, 2.45) is 11.7 Å². The molecule has 2 amide bonds. The molecule has 0 saturated carbocycles. The van der Waals surface area contributed by atoms with Crippen LogP contribution in [-0.4, -0.2) is 45.5 Å². The minimum absolute atomic E-state index is 0.0380. The van der Waals surface area contributed by atoms with E-state index in [4.69, 9.17) is 5.73 Å². The predicted molar refractivity (Wildman–Crippen MR) is 97.0 cm³/mol. The quantitative estimate of drug-likeness (QED) is 0.823. The molecule has 1 aliphatic heterocycles. The highest BCUT2D eigenvalue weighted by atomic mass is 32.2. The second kappa shape index (κ2) is 7.69. The molecule has 132 valence electrons. The topological polar surface area (TPSA) is 109 Å². The van der Waals surface area contributed by atoms with Crippen molar-refractivity contribution in [3.63, 3.8) is 0 Å². The van der Waals surface area contributed by atoms with Crippen molar-refractivity contribution >= 4 is 34.5 Å². The van der Waals surface area contributed by atoms with Crippen molar-refractivity contribution in [3.8, 4) is 0 Å². The summed E-state index contributed by atoms with van der Waals surface area (Å²) in [5, 5.41) is 0.560. The zero-order valence-electron chi connectivity index (χ0n) is 13.7. The van der Waals surface area contributed by atoms with E-state index in [-0.39, 0.29) is 23.3 Å². The minimum Gasteiger partial charge on any atom is -0.369 e. The normalized spacial score (nSPS) is 15.4. The summed E-state index contributed by atoms with van der Waals surface area (Å²) < 4.78 is 0. The molecule has 7 nitrogen and oxygen atoms in total. The molecule has 0 spiro atoms. The van der Waals surface area contributed by atoms with Crippen LogP contribution in [0.1, 0.15) is 18.7 Å². The van der Waals surface area contributed by atoms with Crippen LogP contribution >= 0.6 is 11.8 Å². The van der Waals surface area contributed by atoms with Crippen LogP contribution in [0.15, 0.2) is 29.1 Å². The molecule has 8 heteroatoms. The molecular formula is C17H20N4O3S. The highest BCUT2D eigenvalue weighted by Crippen LogP contribution is 2.18. The Balaban J connectivity index is 1.52. The average Bonchev–Trinajstić information content (AvgIpc) is 2.62. The Morgan fingerprint density at radius 1 is 1.28 bits per heavy atom. The Morgan fingerprint density at radius 2 is 2.00 bits per heavy atom. The van der Waals surface area contributed by atoms with Crippen LogP contribution in [0.4, 0.5) is 0 Å². The Bertz CT molecular complexity index is 843. The highest BCUT2D eigenvalue weighted by Gasteiger charge is 2.25. The van der Waals surface area contributed by atoms with E-state index in [1.807, 2.05) is 6.07 Å². The number of likely N-dealkylation sites (tertiary alicyclic amines) is 1. The van der Waals surface area contributed by atoms with Gasteiger partial charge in [-0.1, -0.05) is 12.1 Å². The predicted octanol–water partition coefficient (Wildman–Crippen LogP) is 0.880. The summed E-state index contributed by atoms with van der Waals surface area (Å²) in [5.74, 6) is 0.975. The lowest BCUT2D eigenvalue weighted by molar-refractivity contribution is -0.132. The first-order chi connectivity index (χ1) is 12.0. The van der Waals surface area contributed by atoms with E-state index in [0.29, 0.717) is 54.2 Å². The minimum atomic E-state index is -0.284. The number of nitrogens with two attached hydrogens (primary N) is 1. The molecule has 1 aliphatic rings. The van der Waals surface area contributed by atoms with E-state index in [1.165, 1.54) is 11.8 Å². The second-order valence-corrected chi connectivity index (χ2v) is 7.07. The molecule has 0 radical (unpaired) electrons. The number of H-pyrrole nitrogens is 1. The van der Waals surface area contributed by atoms with Crippen LogP contribution in [0.2, 0.25) is 0 Å². The molecule has 1 fully saturated rings. The van der Waals surface area contributed by atoms with Gasteiger partial charge in [0.1, 0.15) is 5.82 Å².